The van der Waals surface area contributed by atoms with Gasteiger partial charge in [-0.15, -0.1) is 0 Å². The first-order chi connectivity index (χ1) is 7.65. The summed E-state index contributed by atoms with van der Waals surface area (Å²) in [7, 11) is 0. The molecule has 0 rings (SSSR count). The molecule has 0 amide bonds. The molecule has 0 bridgehead atoms. The number of alkyl halides is 5. The number of halogens is 5. The Morgan fingerprint density at radius 2 is 1.82 bits per heavy atom. The Morgan fingerprint density at radius 1 is 1.29 bits per heavy atom. The van der Waals surface area contributed by atoms with Gasteiger partial charge in [0.1, 0.15) is 0 Å². The standard InChI is InChI=1S/C10H15F5OS/c1-3-8(16)17-6-4-5-9(12,13)10(14,15)7(2)11/h7H,3-6H2,1-2H3. The quantitative estimate of drug-likeness (QED) is 0.516. The highest BCUT2D eigenvalue weighted by Crippen LogP contribution is 2.41. The van der Waals surface area contributed by atoms with Gasteiger partial charge in [0, 0.05) is 18.6 Å². The van der Waals surface area contributed by atoms with Crippen LogP contribution < -0.4 is 0 Å². The molecule has 0 aliphatic heterocycles. The summed E-state index contributed by atoms with van der Waals surface area (Å²) in [5.74, 6) is -9.00. The smallest absolute Gasteiger partial charge is 0.287 e. The van der Waals surface area contributed by atoms with Crippen LogP contribution in [0.4, 0.5) is 22.0 Å². The van der Waals surface area contributed by atoms with E-state index in [0.29, 0.717) is 6.92 Å². The number of carbonyl (C=O) groups is 1. The molecule has 0 saturated carbocycles. The normalized spacial score (nSPS) is 14.8. The summed E-state index contributed by atoms with van der Waals surface area (Å²) in [5.41, 5.74) is 0. The van der Waals surface area contributed by atoms with Crippen LogP contribution in [0, 0.1) is 0 Å². The van der Waals surface area contributed by atoms with Crippen LogP contribution in [0.5, 0.6) is 0 Å². The third kappa shape index (κ3) is 4.81. The number of hydrogen-bond acceptors (Lipinski definition) is 2. The van der Waals surface area contributed by atoms with Gasteiger partial charge in [0.25, 0.3) is 0 Å². The topological polar surface area (TPSA) is 17.1 Å². The lowest BCUT2D eigenvalue weighted by Crippen LogP contribution is -2.46. The van der Waals surface area contributed by atoms with E-state index in [9.17, 15) is 26.7 Å². The van der Waals surface area contributed by atoms with Gasteiger partial charge in [-0.2, -0.15) is 17.6 Å². The summed E-state index contributed by atoms with van der Waals surface area (Å²) < 4.78 is 63.9. The van der Waals surface area contributed by atoms with Crippen LogP contribution in [0.3, 0.4) is 0 Å². The van der Waals surface area contributed by atoms with Gasteiger partial charge < -0.3 is 0 Å². The van der Waals surface area contributed by atoms with E-state index in [4.69, 9.17) is 0 Å². The molecule has 17 heavy (non-hydrogen) atoms. The maximum Gasteiger partial charge on any atom is 0.340 e. The average molecular weight is 278 g/mol. The van der Waals surface area contributed by atoms with Gasteiger partial charge in [-0.05, 0) is 13.3 Å². The van der Waals surface area contributed by atoms with Crippen LogP contribution >= 0.6 is 11.8 Å². The second kappa shape index (κ2) is 6.56. The van der Waals surface area contributed by atoms with Crippen molar-refractivity contribution in [3.63, 3.8) is 0 Å². The van der Waals surface area contributed by atoms with Crippen molar-refractivity contribution < 1.29 is 26.7 Å². The highest BCUT2D eigenvalue weighted by Gasteiger charge is 2.59. The van der Waals surface area contributed by atoms with Gasteiger partial charge in [0.15, 0.2) is 11.3 Å². The van der Waals surface area contributed by atoms with Gasteiger partial charge in [0.05, 0.1) is 0 Å². The minimum absolute atomic E-state index is 0.0407. The van der Waals surface area contributed by atoms with Gasteiger partial charge in [-0.1, -0.05) is 18.7 Å². The summed E-state index contributed by atoms with van der Waals surface area (Å²) in [6.45, 7) is 2.02. The second-order valence-corrected chi connectivity index (χ2v) is 4.77. The van der Waals surface area contributed by atoms with Gasteiger partial charge in [0.2, 0.25) is 0 Å². The maximum atomic E-state index is 13.0. The third-order valence-corrected chi connectivity index (χ3v) is 3.28. The van der Waals surface area contributed by atoms with E-state index in [0.717, 1.165) is 11.8 Å². The number of carbonyl (C=O) groups excluding carboxylic acids is 1. The summed E-state index contributed by atoms with van der Waals surface area (Å²) in [5, 5.41) is -0.182. The van der Waals surface area contributed by atoms with Crippen molar-refractivity contribution in [1.82, 2.24) is 0 Å². The van der Waals surface area contributed by atoms with Crippen molar-refractivity contribution in [3.05, 3.63) is 0 Å². The fourth-order valence-corrected chi connectivity index (χ4v) is 1.76. The monoisotopic (exact) mass is 278 g/mol. The molecule has 1 atom stereocenters. The minimum Gasteiger partial charge on any atom is -0.287 e. The predicted octanol–water partition coefficient (Wildman–Crippen LogP) is 4.07. The Bertz CT molecular complexity index is 255. The van der Waals surface area contributed by atoms with Gasteiger partial charge >= 0.3 is 11.8 Å². The molecule has 0 radical (unpaired) electrons. The van der Waals surface area contributed by atoms with E-state index in [1.54, 1.807) is 6.92 Å². The van der Waals surface area contributed by atoms with Crippen molar-refractivity contribution in [2.45, 2.75) is 51.1 Å². The lowest BCUT2D eigenvalue weighted by atomic mass is 10.0. The highest BCUT2D eigenvalue weighted by molar-refractivity contribution is 8.13. The van der Waals surface area contributed by atoms with Crippen molar-refractivity contribution in [3.8, 4) is 0 Å². The molecule has 0 spiro atoms. The fraction of sp³-hybridized carbons (Fsp3) is 0.900. The molecule has 0 N–H and O–H groups in total. The van der Waals surface area contributed by atoms with Crippen molar-refractivity contribution in [1.29, 1.82) is 0 Å². The Balaban J connectivity index is 4.14. The largest absolute Gasteiger partial charge is 0.340 e. The van der Waals surface area contributed by atoms with Crippen LogP contribution in [0.1, 0.15) is 33.1 Å². The lowest BCUT2D eigenvalue weighted by Gasteiger charge is -2.27. The third-order valence-electron chi connectivity index (χ3n) is 2.17. The zero-order valence-electron chi connectivity index (χ0n) is 9.61. The van der Waals surface area contributed by atoms with E-state index >= 15 is 0 Å². The van der Waals surface area contributed by atoms with E-state index in [2.05, 4.69) is 0 Å². The van der Waals surface area contributed by atoms with Gasteiger partial charge in [-0.25, -0.2) is 4.39 Å². The molecule has 0 heterocycles. The molecular formula is C10H15F5OS. The second-order valence-electron chi connectivity index (χ2n) is 3.62. The SMILES string of the molecule is CCC(=O)SCCCC(F)(F)C(F)(F)C(C)F. The van der Waals surface area contributed by atoms with Crippen LogP contribution in [0.15, 0.2) is 0 Å². The van der Waals surface area contributed by atoms with Gasteiger partial charge in [-0.3, -0.25) is 4.79 Å². The molecule has 0 aliphatic carbocycles. The molecule has 0 aliphatic rings. The van der Waals surface area contributed by atoms with Crippen LogP contribution in [-0.4, -0.2) is 28.9 Å². The van der Waals surface area contributed by atoms with Crippen LogP contribution in [0.25, 0.3) is 0 Å². The molecule has 7 heteroatoms. The minimum atomic E-state index is -4.66. The maximum absolute atomic E-state index is 13.0. The van der Waals surface area contributed by atoms with Crippen molar-refractivity contribution >= 4 is 16.9 Å². The van der Waals surface area contributed by atoms with E-state index in [1.807, 2.05) is 0 Å². The summed E-state index contributed by atoms with van der Waals surface area (Å²) >= 11 is 0.825. The van der Waals surface area contributed by atoms with Crippen LogP contribution in [-0.2, 0) is 4.79 Å². The Hall–Kier alpha value is -0.330. The molecular weight excluding hydrogens is 263 g/mol. The van der Waals surface area contributed by atoms with Crippen LogP contribution in [0.2, 0.25) is 0 Å². The van der Waals surface area contributed by atoms with E-state index in [-0.39, 0.29) is 23.7 Å². The first kappa shape index (κ1) is 16.7. The molecule has 0 saturated heterocycles. The number of thioether (sulfide) groups is 1. The highest BCUT2D eigenvalue weighted by atomic mass is 32.2. The predicted molar refractivity (Wildman–Crippen MR) is 57.5 cm³/mol. The Morgan fingerprint density at radius 3 is 2.24 bits per heavy atom. The molecule has 0 fully saturated rings. The van der Waals surface area contributed by atoms with E-state index < -0.39 is 24.4 Å². The molecule has 0 aromatic heterocycles. The first-order valence-electron chi connectivity index (χ1n) is 5.20. The molecule has 1 nitrogen and oxygen atoms in total. The van der Waals surface area contributed by atoms with E-state index in [1.165, 1.54) is 0 Å². The summed E-state index contributed by atoms with van der Waals surface area (Å²) in [4.78, 5) is 10.8. The average Bonchev–Trinajstić information content (AvgIpc) is 2.23. The zero-order chi connectivity index (χ0) is 13.7. The fourth-order valence-electron chi connectivity index (χ4n) is 1.04. The van der Waals surface area contributed by atoms with Crippen molar-refractivity contribution in [2.75, 3.05) is 5.75 Å². The summed E-state index contributed by atoms with van der Waals surface area (Å²) in [6.07, 6.45) is -4.02. The number of rotatable bonds is 7. The lowest BCUT2D eigenvalue weighted by molar-refractivity contribution is -0.238. The number of hydrogen-bond donors (Lipinski definition) is 0. The first-order valence-corrected chi connectivity index (χ1v) is 6.19. The molecule has 0 aromatic rings. The Kier molecular flexibility index (Phi) is 6.43. The zero-order valence-corrected chi connectivity index (χ0v) is 10.4. The summed E-state index contributed by atoms with van der Waals surface area (Å²) in [6, 6.07) is 0. The Labute approximate surface area is 101 Å². The van der Waals surface area contributed by atoms with Crippen molar-refractivity contribution in [2.24, 2.45) is 0 Å². The molecule has 1 unspecified atom stereocenters. The molecule has 0 aromatic carbocycles. The molecule has 102 valence electrons.